The Morgan fingerprint density at radius 2 is 1.90 bits per heavy atom. The number of aryl methyl sites for hydroxylation is 3. The summed E-state index contributed by atoms with van der Waals surface area (Å²) >= 11 is 0. The average Bonchev–Trinajstić information content (AvgIpc) is 2.79. The molecule has 1 aliphatic rings. The maximum atomic E-state index is 12.4. The summed E-state index contributed by atoms with van der Waals surface area (Å²) in [5.74, 6) is 0. The molecule has 20 heavy (non-hydrogen) atoms. The Morgan fingerprint density at radius 3 is 2.45 bits per heavy atom. The molecule has 5 heteroatoms. The lowest BCUT2D eigenvalue weighted by atomic mass is 10.1. The van der Waals surface area contributed by atoms with Gasteiger partial charge in [-0.15, -0.1) is 0 Å². The van der Waals surface area contributed by atoms with E-state index >= 15 is 0 Å². The van der Waals surface area contributed by atoms with Crippen LogP contribution in [0.15, 0.2) is 17.0 Å². The lowest BCUT2D eigenvalue weighted by molar-refractivity contribution is 0.105. The molecule has 1 unspecified atom stereocenters. The van der Waals surface area contributed by atoms with Crippen LogP contribution in [0.4, 0.5) is 0 Å². The highest BCUT2D eigenvalue weighted by Crippen LogP contribution is 2.22. The second-order valence-electron chi connectivity index (χ2n) is 5.55. The van der Waals surface area contributed by atoms with Gasteiger partial charge in [0.15, 0.2) is 0 Å². The molecule has 1 atom stereocenters. The van der Waals surface area contributed by atoms with E-state index in [1.165, 1.54) is 0 Å². The van der Waals surface area contributed by atoms with Crippen LogP contribution in [0.5, 0.6) is 0 Å². The van der Waals surface area contributed by atoms with Crippen LogP contribution in [0.1, 0.15) is 36.0 Å². The first-order valence-corrected chi connectivity index (χ1v) is 8.57. The molecule has 0 amide bonds. The summed E-state index contributed by atoms with van der Waals surface area (Å²) in [6, 6.07) is 3.81. The summed E-state index contributed by atoms with van der Waals surface area (Å²) in [4.78, 5) is 0.412. The number of sulfonamides is 1. The van der Waals surface area contributed by atoms with E-state index in [0.29, 0.717) is 11.4 Å². The van der Waals surface area contributed by atoms with Gasteiger partial charge in [0.1, 0.15) is 0 Å². The maximum Gasteiger partial charge on any atom is 0.241 e. The topological polar surface area (TPSA) is 55.4 Å². The third-order valence-electron chi connectivity index (χ3n) is 3.66. The molecule has 0 aliphatic carbocycles. The summed E-state index contributed by atoms with van der Waals surface area (Å²) in [5, 5.41) is 0. The van der Waals surface area contributed by atoms with Crippen LogP contribution in [0, 0.1) is 20.8 Å². The largest absolute Gasteiger partial charge is 0.378 e. The average molecular weight is 297 g/mol. The minimum absolute atomic E-state index is 0.206. The van der Waals surface area contributed by atoms with Crippen LogP contribution in [-0.2, 0) is 14.8 Å². The predicted octanol–water partition coefficient (Wildman–Crippen LogP) is 2.46. The molecule has 1 aromatic rings. The first-order chi connectivity index (χ1) is 9.40. The first kappa shape index (κ1) is 15.5. The van der Waals surface area contributed by atoms with E-state index in [-0.39, 0.29) is 6.10 Å². The molecule has 2 rings (SSSR count). The first-order valence-electron chi connectivity index (χ1n) is 7.09. The van der Waals surface area contributed by atoms with Gasteiger partial charge >= 0.3 is 0 Å². The number of hydrogen-bond donors (Lipinski definition) is 1. The van der Waals surface area contributed by atoms with Crippen molar-refractivity contribution in [3.8, 4) is 0 Å². The van der Waals surface area contributed by atoms with Crippen molar-refractivity contribution in [2.45, 2.75) is 51.0 Å². The third-order valence-corrected chi connectivity index (χ3v) is 5.42. The second-order valence-corrected chi connectivity index (χ2v) is 7.25. The molecule has 1 N–H and O–H groups in total. The summed E-state index contributed by atoms with van der Waals surface area (Å²) in [6.45, 7) is 6.89. The van der Waals surface area contributed by atoms with E-state index in [9.17, 15) is 8.42 Å². The quantitative estimate of drug-likeness (QED) is 0.908. The van der Waals surface area contributed by atoms with Gasteiger partial charge in [-0.3, -0.25) is 0 Å². The molecule has 1 aromatic carbocycles. The SMILES string of the molecule is Cc1cc(C)c(S(=O)(=O)NCCC2CCCO2)c(C)c1. The minimum atomic E-state index is -3.44. The zero-order chi connectivity index (χ0) is 14.8. The second kappa shape index (κ2) is 6.24. The highest BCUT2D eigenvalue weighted by Gasteiger charge is 2.21. The van der Waals surface area contributed by atoms with Gasteiger partial charge in [0.2, 0.25) is 10.0 Å². The minimum Gasteiger partial charge on any atom is -0.378 e. The van der Waals surface area contributed by atoms with E-state index in [4.69, 9.17) is 4.74 Å². The van der Waals surface area contributed by atoms with Gasteiger partial charge in [-0.2, -0.15) is 0 Å². The molecule has 112 valence electrons. The fraction of sp³-hybridized carbons (Fsp3) is 0.600. The van der Waals surface area contributed by atoms with E-state index in [1.807, 2.05) is 32.9 Å². The summed E-state index contributed by atoms with van der Waals surface area (Å²) < 4.78 is 33.0. The van der Waals surface area contributed by atoms with Gasteiger partial charge in [-0.25, -0.2) is 13.1 Å². The standard InChI is InChI=1S/C15H23NO3S/c1-11-9-12(2)15(13(3)10-11)20(17,18)16-7-6-14-5-4-8-19-14/h9-10,14,16H,4-8H2,1-3H3. The zero-order valence-electron chi connectivity index (χ0n) is 12.4. The maximum absolute atomic E-state index is 12.4. The Bertz CT molecular complexity index is 552. The molecule has 1 fully saturated rings. The van der Waals surface area contributed by atoms with Crippen LogP contribution in [-0.4, -0.2) is 27.7 Å². The van der Waals surface area contributed by atoms with Crippen LogP contribution < -0.4 is 4.72 Å². The van der Waals surface area contributed by atoms with E-state index in [2.05, 4.69) is 4.72 Å². The fourth-order valence-corrected chi connectivity index (χ4v) is 4.39. The molecular weight excluding hydrogens is 274 g/mol. The van der Waals surface area contributed by atoms with E-state index in [1.54, 1.807) is 0 Å². The molecule has 0 saturated carbocycles. The Morgan fingerprint density at radius 1 is 1.25 bits per heavy atom. The number of nitrogens with one attached hydrogen (secondary N) is 1. The Kier molecular flexibility index (Phi) is 4.83. The number of hydrogen-bond acceptors (Lipinski definition) is 3. The highest BCUT2D eigenvalue weighted by atomic mass is 32.2. The van der Waals surface area contributed by atoms with Gasteiger partial charge in [0.05, 0.1) is 11.0 Å². The Hall–Kier alpha value is -0.910. The van der Waals surface area contributed by atoms with Crippen LogP contribution >= 0.6 is 0 Å². The van der Waals surface area contributed by atoms with Crippen LogP contribution in [0.3, 0.4) is 0 Å². The Balaban J connectivity index is 2.06. The summed E-state index contributed by atoms with van der Waals surface area (Å²) in [6.07, 6.45) is 3.05. The number of ether oxygens (including phenoxy) is 1. The van der Waals surface area contributed by atoms with Crippen molar-refractivity contribution in [3.05, 3.63) is 28.8 Å². The van der Waals surface area contributed by atoms with Crippen molar-refractivity contribution in [2.75, 3.05) is 13.2 Å². The van der Waals surface area contributed by atoms with E-state index < -0.39 is 10.0 Å². The number of benzene rings is 1. The summed E-state index contributed by atoms with van der Waals surface area (Å²) in [5.41, 5.74) is 2.68. The molecule has 1 saturated heterocycles. The monoisotopic (exact) mass is 297 g/mol. The zero-order valence-corrected chi connectivity index (χ0v) is 13.2. The normalized spacial score (nSPS) is 19.4. The lowest BCUT2D eigenvalue weighted by Gasteiger charge is -2.14. The van der Waals surface area contributed by atoms with Crippen molar-refractivity contribution >= 4 is 10.0 Å². The van der Waals surface area contributed by atoms with Gasteiger partial charge in [0.25, 0.3) is 0 Å². The fourth-order valence-electron chi connectivity index (χ4n) is 2.89. The highest BCUT2D eigenvalue weighted by molar-refractivity contribution is 7.89. The van der Waals surface area contributed by atoms with Crippen molar-refractivity contribution in [2.24, 2.45) is 0 Å². The molecule has 0 bridgehead atoms. The van der Waals surface area contributed by atoms with Crippen LogP contribution in [0.25, 0.3) is 0 Å². The molecule has 0 radical (unpaired) electrons. The van der Waals surface area contributed by atoms with Crippen molar-refractivity contribution in [3.63, 3.8) is 0 Å². The third kappa shape index (κ3) is 3.59. The lowest BCUT2D eigenvalue weighted by Crippen LogP contribution is -2.28. The smallest absolute Gasteiger partial charge is 0.241 e. The van der Waals surface area contributed by atoms with Gasteiger partial charge in [0, 0.05) is 13.2 Å². The molecule has 0 aromatic heterocycles. The van der Waals surface area contributed by atoms with Gasteiger partial charge in [-0.1, -0.05) is 17.7 Å². The van der Waals surface area contributed by atoms with Crippen molar-refractivity contribution < 1.29 is 13.2 Å². The van der Waals surface area contributed by atoms with Crippen molar-refractivity contribution in [1.82, 2.24) is 4.72 Å². The molecule has 4 nitrogen and oxygen atoms in total. The molecular formula is C15H23NO3S. The Labute approximate surface area is 121 Å². The molecule has 0 spiro atoms. The predicted molar refractivity (Wildman–Crippen MR) is 79.4 cm³/mol. The van der Waals surface area contributed by atoms with Gasteiger partial charge < -0.3 is 4.74 Å². The van der Waals surface area contributed by atoms with Gasteiger partial charge in [-0.05, 0) is 51.2 Å². The van der Waals surface area contributed by atoms with E-state index in [0.717, 1.165) is 42.6 Å². The molecule has 1 aliphatic heterocycles. The molecule has 1 heterocycles. The number of rotatable bonds is 5. The van der Waals surface area contributed by atoms with Crippen LogP contribution in [0.2, 0.25) is 0 Å². The summed E-state index contributed by atoms with van der Waals surface area (Å²) in [7, 11) is -3.44. The van der Waals surface area contributed by atoms with Crippen molar-refractivity contribution in [1.29, 1.82) is 0 Å².